The number of amides is 1. The Morgan fingerprint density at radius 2 is 1.77 bits per heavy atom. The summed E-state index contributed by atoms with van der Waals surface area (Å²) in [5.41, 5.74) is 5.93. The van der Waals surface area contributed by atoms with Gasteiger partial charge in [0.25, 0.3) is 5.91 Å². The van der Waals surface area contributed by atoms with E-state index in [0.29, 0.717) is 12.0 Å². The molecule has 1 aliphatic carbocycles. The average Bonchev–Trinajstić information content (AvgIpc) is 2.74. The Labute approximate surface area is 131 Å². The van der Waals surface area contributed by atoms with Crippen molar-refractivity contribution in [1.29, 1.82) is 0 Å². The fourth-order valence-corrected chi connectivity index (χ4v) is 3.50. The normalized spacial score (nSPS) is 19.8. The molecule has 2 aromatic carbocycles. The summed E-state index contributed by atoms with van der Waals surface area (Å²) in [5.74, 6) is -0.115. The monoisotopic (exact) mass is 295 g/mol. The molecule has 0 fully saturated rings. The first-order valence-corrected chi connectivity index (χ1v) is 7.62. The highest BCUT2D eigenvalue weighted by atomic mass is 16.3. The fourth-order valence-electron chi connectivity index (χ4n) is 3.50. The molecule has 0 aromatic heterocycles. The van der Waals surface area contributed by atoms with Gasteiger partial charge in [0.1, 0.15) is 0 Å². The zero-order chi connectivity index (χ0) is 15.9. The minimum atomic E-state index is -0.563. The van der Waals surface area contributed by atoms with Crippen LogP contribution in [-0.2, 0) is 6.42 Å². The van der Waals surface area contributed by atoms with Crippen molar-refractivity contribution >= 4 is 5.91 Å². The summed E-state index contributed by atoms with van der Waals surface area (Å²) in [7, 11) is 0. The highest BCUT2D eigenvalue weighted by Gasteiger charge is 2.32. The van der Waals surface area contributed by atoms with E-state index in [-0.39, 0.29) is 11.9 Å². The Hall–Kier alpha value is -2.13. The van der Waals surface area contributed by atoms with Gasteiger partial charge in [0, 0.05) is 12.0 Å². The van der Waals surface area contributed by atoms with Crippen LogP contribution in [-0.4, -0.2) is 17.1 Å². The number of nitrogens with one attached hydrogen (secondary N) is 1. The largest absolute Gasteiger partial charge is 0.390 e. The molecule has 22 heavy (non-hydrogen) atoms. The van der Waals surface area contributed by atoms with Crippen molar-refractivity contribution < 1.29 is 9.90 Å². The van der Waals surface area contributed by atoms with E-state index in [1.807, 2.05) is 57.2 Å². The number of benzene rings is 2. The van der Waals surface area contributed by atoms with Crippen molar-refractivity contribution in [3.8, 4) is 0 Å². The first-order valence-electron chi connectivity index (χ1n) is 7.62. The van der Waals surface area contributed by atoms with Crippen molar-refractivity contribution in [2.24, 2.45) is 0 Å². The van der Waals surface area contributed by atoms with Gasteiger partial charge >= 0.3 is 0 Å². The van der Waals surface area contributed by atoms with E-state index in [2.05, 4.69) is 5.32 Å². The number of rotatable bonds is 2. The number of hydrogen-bond acceptors (Lipinski definition) is 2. The number of carbonyl (C=O) groups excluding carboxylic acids is 1. The van der Waals surface area contributed by atoms with Crippen LogP contribution in [0.5, 0.6) is 0 Å². The summed E-state index contributed by atoms with van der Waals surface area (Å²) in [6.07, 6.45) is 0.0277. The minimum absolute atomic E-state index is 0.115. The van der Waals surface area contributed by atoms with Crippen molar-refractivity contribution in [2.45, 2.75) is 39.3 Å². The van der Waals surface area contributed by atoms with Crippen LogP contribution in [0.4, 0.5) is 0 Å². The number of carbonyl (C=O) groups is 1. The maximum atomic E-state index is 12.7. The van der Waals surface area contributed by atoms with E-state index in [0.717, 1.165) is 27.8 Å². The highest BCUT2D eigenvalue weighted by molar-refractivity contribution is 5.97. The maximum Gasteiger partial charge on any atom is 0.252 e. The van der Waals surface area contributed by atoms with E-state index in [9.17, 15) is 9.90 Å². The molecule has 0 bridgehead atoms. The Kier molecular flexibility index (Phi) is 3.75. The lowest BCUT2D eigenvalue weighted by Crippen LogP contribution is -2.34. The minimum Gasteiger partial charge on any atom is -0.390 e. The number of hydrogen-bond donors (Lipinski definition) is 2. The molecule has 0 saturated carbocycles. The second-order valence-corrected chi connectivity index (χ2v) is 6.20. The van der Waals surface area contributed by atoms with E-state index < -0.39 is 6.10 Å². The van der Waals surface area contributed by atoms with Crippen molar-refractivity contribution in [1.82, 2.24) is 5.32 Å². The first kappa shape index (κ1) is 14.8. The van der Waals surface area contributed by atoms with Gasteiger partial charge in [0.15, 0.2) is 0 Å². The van der Waals surface area contributed by atoms with Gasteiger partial charge in [-0.25, -0.2) is 0 Å². The van der Waals surface area contributed by atoms with Crippen LogP contribution < -0.4 is 5.32 Å². The summed E-state index contributed by atoms with van der Waals surface area (Å²) in [4.78, 5) is 12.7. The number of aliphatic hydroxyl groups excluding tert-OH is 1. The van der Waals surface area contributed by atoms with Gasteiger partial charge in [-0.3, -0.25) is 4.79 Å². The third kappa shape index (κ3) is 2.53. The van der Waals surface area contributed by atoms with Crippen LogP contribution in [0.25, 0.3) is 0 Å². The predicted octanol–water partition coefficient (Wildman–Crippen LogP) is 3.00. The Morgan fingerprint density at radius 1 is 1.14 bits per heavy atom. The molecule has 0 spiro atoms. The highest BCUT2D eigenvalue weighted by Crippen LogP contribution is 2.31. The lowest BCUT2D eigenvalue weighted by atomic mass is 9.98. The van der Waals surface area contributed by atoms with Gasteiger partial charge in [-0.15, -0.1) is 0 Å². The van der Waals surface area contributed by atoms with E-state index in [1.165, 1.54) is 0 Å². The number of fused-ring (bicyclic) bond motifs is 1. The van der Waals surface area contributed by atoms with Gasteiger partial charge in [-0.2, -0.15) is 0 Å². The molecule has 3 heteroatoms. The molecule has 0 aliphatic heterocycles. The molecule has 2 N–H and O–H groups in total. The maximum absolute atomic E-state index is 12.7. The topological polar surface area (TPSA) is 49.3 Å². The van der Waals surface area contributed by atoms with Crippen LogP contribution in [0.3, 0.4) is 0 Å². The van der Waals surface area contributed by atoms with Crippen molar-refractivity contribution in [2.75, 3.05) is 0 Å². The summed E-state index contributed by atoms with van der Waals surface area (Å²) in [6, 6.07) is 11.6. The number of aliphatic hydroxyl groups is 1. The van der Waals surface area contributed by atoms with Gasteiger partial charge in [0.05, 0.1) is 12.1 Å². The van der Waals surface area contributed by atoms with E-state index >= 15 is 0 Å². The molecule has 0 heterocycles. The molecular weight excluding hydrogens is 274 g/mol. The summed E-state index contributed by atoms with van der Waals surface area (Å²) in [5, 5.41) is 13.3. The Balaban J connectivity index is 1.90. The predicted molar refractivity (Wildman–Crippen MR) is 87.0 cm³/mol. The SMILES string of the molecule is Cc1cc(C)c(C(=O)NC2c3ccccc3CC2O)c(C)c1. The fraction of sp³-hybridized carbons (Fsp3) is 0.316. The molecule has 2 unspecified atom stereocenters. The van der Waals surface area contributed by atoms with Gasteiger partial charge in [-0.1, -0.05) is 42.0 Å². The molecule has 3 rings (SSSR count). The molecule has 1 aliphatic rings. The molecule has 1 amide bonds. The second kappa shape index (κ2) is 5.58. The van der Waals surface area contributed by atoms with E-state index in [1.54, 1.807) is 0 Å². The van der Waals surface area contributed by atoms with Crippen LogP contribution >= 0.6 is 0 Å². The van der Waals surface area contributed by atoms with E-state index in [4.69, 9.17) is 0 Å². The molecule has 114 valence electrons. The van der Waals surface area contributed by atoms with Crippen LogP contribution in [0, 0.1) is 20.8 Å². The van der Waals surface area contributed by atoms with Gasteiger partial charge in [-0.05, 0) is 43.0 Å². The molecule has 0 radical (unpaired) electrons. The van der Waals surface area contributed by atoms with Crippen LogP contribution in [0.1, 0.15) is 44.2 Å². The lowest BCUT2D eigenvalue weighted by Gasteiger charge is -2.20. The lowest BCUT2D eigenvalue weighted by molar-refractivity contribution is 0.0857. The second-order valence-electron chi connectivity index (χ2n) is 6.20. The van der Waals surface area contributed by atoms with Gasteiger partial charge in [0.2, 0.25) is 0 Å². The molecule has 0 saturated heterocycles. The Bertz CT molecular complexity index is 713. The summed E-state index contributed by atoms with van der Waals surface area (Å²) in [6.45, 7) is 5.93. The molecular formula is C19H21NO2. The van der Waals surface area contributed by atoms with Crippen LogP contribution in [0.2, 0.25) is 0 Å². The summed E-state index contributed by atoms with van der Waals surface area (Å²) < 4.78 is 0. The quantitative estimate of drug-likeness (QED) is 0.895. The third-order valence-corrected chi connectivity index (χ3v) is 4.39. The smallest absolute Gasteiger partial charge is 0.252 e. The van der Waals surface area contributed by atoms with Gasteiger partial charge < -0.3 is 10.4 Å². The first-order chi connectivity index (χ1) is 10.5. The van der Waals surface area contributed by atoms with Crippen LogP contribution in [0.15, 0.2) is 36.4 Å². The van der Waals surface area contributed by atoms with Crippen molar-refractivity contribution in [3.63, 3.8) is 0 Å². The molecule has 2 aromatic rings. The number of aryl methyl sites for hydroxylation is 3. The molecule has 2 atom stereocenters. The van der Waals surface area contributed by atoms with Crippen molar-refractivity contribution in [3.05, 3.63) is 69.8 Å². The Morgan fingerprint density at radius 3 is 2.45 bits per heavy atom. The summed E-state index contributed by atoms with van der Waals surface area (Å²) >= 11 is 0. The zero-order valence-electron chi connectivity index (χ0n) is 13.2. The third-order valence-electron chi connectivity index (χ3n) is 4.39. The standard InChI is InChI=1S/C19H21NO2/c1-11-8-12(2)17(13(3)9-11)19(22)20-18-15-7-5-4-6-14(15)10-16(18)21/h4-9,16,18,21H,10H2,1-3H3,(H,20,22). The molecule has 3 nitrogen and oxygen atoms in total. The average molecular weight is 295 g/mol. The zero-order valence-corrected chi connectivity index (χ0v) is 13.2.